The molecule has 1 aliphatic rings. The van der Waals surface area contributed by atoms with Crippen LogP contribution in [-0.4, -0.2) is 11.0 Å². The standard InChI is InChI=1S/C14H18N2S/c1-10-3-2-4-11(9-10)16-14-12-6-8-17-13(12)5-7-15-14/h5-8,10-11H,2-4,9H2,1H3,(H,15,16). The lowest BCUT2D eigenvalue weighted by molar-refractivity contribution is 0.358. The van der Waals surface area contributed by atoms with E-state index >= 15 is 0 Å². The Kier molecular flexibility index (Phi) is 3.02. The monoisotopic (exact) mass is 246 g/mol. The van der Waals surface area contributed by atoms with E-state index in [1.807, 2.05) is 6.20 Å². The van der Waals surface area contributed by atoms with Crippen molar-refractivity contribution in [3.63, 3.8) is 0 Å². The van der Waals surface area contributed by atoms with Gasteiger partial charge in [-0.05, 0) is 36.3 Å². The molecule has 3 heteroatoms. The number of thiophene rings is 1. The van der Waals surface area contributed by atoms with E-state index in [9.17, 15) is 0 Å². The molecule has 0 aromatic carbocycles. The van der Waals surface area contributed by atoms with E-state index in [1.54, 1.807) is 11.3 Å². The lowest BCUT2D eigenvalue weighted by atomic mass is 9.87. The predicted octanol–water partition coefficient (Wildman–Crippen LogP) is 4.29. The third-order valence-electron chi connectivity index (χ3n) is 3.66. The summed E-state index contributed by atoms with van der Waals surface area (Å²) >= 11 is 1.78. The molecule has 1 fully saturated rings. The summed E-state index contributed by atoms with van der Waals surface area (Å²) in [6, 6.07) is 4.87. The zero-order chi connectivity index (χ0) is 11.7. The summed E-state index contributed by atoms with van der Waals surface area (Å²) in [5.74, 6) is 1.92. The zero-order valence-electron chi connectivity index (χ0n) is 10.1. The normalized spacial score (nSPS) is 25.0. The molecule has 0 spiro atoms. The molecule has 1 N–H and O–H groups in total. The first-order valence-electron chi connectivity index (χ1n) is 6.41. The van der Waals surface area contributed by atoms with E-state index in [4.69, 9.17) is 0 Å². The number of aromatic nitrogens is 1. The molecule has 2 unspecified atom stereocenters. The minimum Gasteiger partial charge on any atom is -0.367 e. The quantitative estimate of drug-likeness (QED) is 0.855. The lowest BCUT2D eigenvalue weighted by Crippen LogP contribution is -2.26. The van der Waals surface area contributed by atoms with Gasteiger partial charge in [0.15, 0.2) is 0 Å². The van der Waals surface area contributed by atoms with Crippen molar-refractivity contribution in [2.45, 2.75) is 38.6 Å². The number of nitrogens with one attached hydrogen (secondary N) is 1. The molecule has 3 rings (SSSR count). The summed E-state index contributed by atoms with van der Waals surface area (Å²) in [5, 5.41) is 7.05. The Morgan fingerprint density at radius 3 is 3.18 bits per heavy atom. The molecule has 2 heterocycles. The van der Waals surface area contributed by atoms with Crippen LogP contribution in [0, 0.1) is 5.92 Å². The molecule has 2 atom stereocenters. The highest BCUT2D eigenvalue weighted by molar-refractivity contribution is 7.17. The number of hydrogen-bond acceptors (Lipinski definition) is 3. The second kappa shape index (κ2) is 4.65. The topological polar surface area (TPSA) is 24.9 Å². The van der Waals surface area contributed by atoms with Gasteiger partial charge in [0.05, 0.1) is 0 Å². The first-order chi connectivity index (χ1) is 8.33. The Bertz CT molecular complexity index is 506. The molecule has 0 bridgehead atoms. The molecular formula is C14H18N2S. The number of rotatable bonds is 2. The van der Waals surface area contributed by atoms with E-state index in [-0.39, 0.29) is 0 Å². The smallest absolute Gasteiger partial charge is 0.134 e. The number of pyridine rings is 1. The lowest BCUT2D eigenvalue weighted by Gasteiger charge is -2.28. The van der Waals surface area contributed by atoms with Gasteiger partial charge in [0, 0.05) is 22.3 Å². The van der Waals surface area contributed by atoms with Gasteiger partial charge in [-0.1, -0.05) is 19.8 Å². The van der Waals surface area contributed by atoms with Crippen molar-refractivity contribution >= 4 is 27.2 Å². The number of nitrogens with zero attached hydrogens (tertiary/aromatic N) is 1. The fourth-order valence-corrected chi connectivity index (χ4v) is 3.55. The maximum Gasteiger partial charge on any atom is 0.134 e. The minimum atomic E-state index is 0.608. The largest absolute Gasteiger partial charge is 0.367 e. The minimum absolute atomic E-state index is 0.608. The van der Waals surface area contributed by atoms with Crippen LogP contribution in [0.4, 0.5) is 5.82 Å². The van der Waals surface area contributed by atoms with Crippen LogP contribution in [0.1, 0.15) is 32.6 Å². The Labute approximate surface area is 106 Å². The summed E-state index contributed by atoms with van der Waals surface area (Å²) in [6.07, 6.45) is 7.20. The Morgan fingerprint density at radius 1 is 1.35 bits per heavy atom. The molecule has 0 amide bonds. The van der Waals surface area contributed by atoms with Crippen LogP contribution in [0.3, 0.4) is 0 Å². The molecule has 2 nitrogen and oxygen atoms in total. The highest BCUT2D eigenvalue weighted by Gasteiger charge is 2.19. The SMILES string of the molecule is CC1CCCC(Nc2nccc3sccc23)C1. The molecule has 1 aliphatic carbocycles. The van der Waals surface area contributed by atoms with Crippen LogP contribution < -0.4 is 5.32 Å². The first kappa shape index (κ1) is 11.0. The molecule has 17 heavy (non-hydrogen) atoms. The van der Waals surface area contributed by atoms with Gasteiger partial charge in [-0.2, -0.15) is 0 Å². The van der Waals surface area contributed by atoms with E-state index in [0.29, 0.717) is 6.04 Å². The van der Waals surface area contributed by atoms with Gasteiger partial charge < -0.3 is 5.32 Å². The highest BCUT2D eigenvalue weighted by Crippen LogP contribution is 2.30. The molecule has 0 radical (unpaired) electrons. The fourth-order valence-electron chi connectivity index (χ4n) is 2.77. The maximum atomic E-state index is 4.49. The fraction of sp³-hybridized carbons (Fsp3) is 0.500. The molecule has 0 aliphatic heterocycles. The van der Waals surface area contributed by atoms with Crippen molar-refractivity contribution in [3.8, 4) is 0 Å². The second-order valence-electron chi connectivity index (χ2n) is 5.11. The molecular weight excluding hydrogens is 228 g/mol. The van der Waals surface area contributed by atoms with Gasteiger partial charge in [0.2, 0.25) is 0 Å². The predicted molar refractivity (Wildman–Crippen MR) is 74.7 cm³/mol. The van der Waals surface area contributed by atoms with Crippen molar-refractivity contribution in [2.24, 2.45) is 5.92 Å². The van der Waals surface area contributed by atoms with Crippen molar-refractivity contribution < 1.29 is 0 Å². The van der Waals surface area contributed by atoms with E-state index in [1.165, 1.54) is 35.8 Å². The van der Waals surface area contributed by atoms with Gasteiger partial charge in [-0.25, -0.2) is 4.98 Å². The van der Waals surface area contributed by atoms with Crippen molar-refractivity contribution in [3.05, 3.63) is 23.7 Å². The van der Waals surface area contributed by atoms with Crippen LogP contribution in [0.2, 0.25) is 0 Å². The van der Waals surface area contributed by atoms with Crippen LogP contribution in [0.5, 0.6) is 0 Å². The van der Waals surface area contributed by atoms with Crippen molar-refractivity contribution in [2.75, 3.05) is 5.32 Å². The molecule has 1 saturated carbocycles. The summed E-state index contributed by atoms with van der Waals surface area (Å²) in [4.78, 5) is 4.49. The first-order valence-corrected chi connectivity index (χ1v) is 7.29. The van der Waals surface area contributed by atoms with E-state index in [2.05, 4.69) is 34.7 Å². The van der Waals surface area contributed by atoms with Gasteiger partial charge in [0.1, 0.15) is 5.82 Å². The Balaban J connectivity index is 1.82. The van der Waals surface area contributed by atoms with Crippen molar-refractivity contribution in [1.29, 1.82) is 0 Å². The third kappa shape index (κ3) is 2.29. The van der Waals surface area contributed by atoms with E-state index < -0.39 is 0 Å². The number of hydrogen-bond donors (Lipinski definition) is 1. The zero-order valence-corrected chi connectivity index (χ0v) is 11.0. The van der Waals surface area contributed by atoms with Gasteiger partial charge >= 0.3 is 0 Å². The van der Waals surface area contributed by atoms with Crippen LogP contribution in [-0.2, 0) is 0 Å². The average Bonchev–Trinajstić information content (AvgIpc) is 2.78. The van der Waals surface area contributed by atoms with Gasteiger partial charge in [-0.3, -0.25) is 0 Å². The summed E-state index contributed by atoms with van der Waals surface area (Å²) in [7, 11) is 0. The second-order valence-corrected chi connectivity index (χ2v) is 6.05. The summed E-state index contributed by atoms with van der Waals surface area (Å²) < 4.78 is 1.33. The Morgan fingerprint density at radius 2 is 2.29 bits per heavy atom. The van der Waals surface area contributed by atoms with Crippen LogP contribution in [0.25, 0.3) is 10.1 Å². The highest BCUT2D eigenvalue weighted by atomic mass is 32.1. The molecule has 0 saturated heterocycles. The van der Waals surface area contributed by atoms with Gasteiger partial charge in [-0.15, -0.1) is 11.3 Å². The molecule has 90 valence electrons. The molecule has 2 aromatic rings. The maximum absolute atomic E-state index is 4.49. The summed E-state index contributed by atoms with van der Waals surface area (Å²) in [5.41, 5.74) is 0. The van der Waals surface area contributed by atoms with Gasteiger partial charge in [0.25, 0.3) is 0 Å². The van der Waals surface area contributed by atoms with E-state index in [0.717, 1.165) is 11.7 Å². The Hall–Kier alpha value is -1.09. The van der Waals surface area contributed by atoms with Crippen LogP contribution >= 0.6 is 11.3 Å². The molecule has 2 aromatic heterocycles. The third-order valence-corrected chi connectivity index (χ3v) is 4.54. The summed E-state index contributed by atoms with van der Waals surface area (Å²) in [6.45, 7) is 2.35. The van der Waals surface area contributed by atoms with Crippen LogP contribution in [0.15, 0.2) is 23.7 Å². The number of anilines is 1. The average molecular weight is 246 g/mol. The van der Waals surface area contributed by atoms with Crippen molar-refractivity contribution in [1.82, 2.24) is 4.98 Å². The number of fused-ring (bicyclic) bond motifs is 1.